The lowest BCUT2D eigenvalue weighted by Crippen LogP contribution is -2.47. The number of nitrogens with one attached hydrogen (secondary N) is 4. The van der Waals surface area contributed by atoms with Crippen molar-refractivity contribution in [2.45, 2.75) is 87.9 Å². The molecule has 44 heavy (non-hydrogen) atoms. The molecule has 1 aliphatic heterocycles. The zero-order valence-electron chi connectivity index (χ0n) is 25.2. The van der Waals surface area contributed by atoms with Gasteiger partial charge >= 0.3 is 6.03 Å². The first kappa shape index (κ1) is 32.5. The maximum Gasteiger partial charge on any atom is 0.319 e. The molecule has 5 N–H and O–H groups in total. The molecular formula is C31H41N5O6S2. The van der Waals surface area contributed by atoms with E-state index in [1.165, 1.54) is 17.4 Å². The third-order valence-corrected chi connectivity index (χ3v) is 10.4. The first-order valence-electron chi connectivity index (χ1n) is 14.9. The molecular weight excluding hydrogens is 603 g/mol. The summed E-state index contributed by atoms with van der Waals surface area (Å²) in [5.41, 5.74) is 1.13. The molecule has 0 radical (unpaired) electrons. The van der Waals surface area contributed by atoms with Crippen molar-refractivity contribution in [3.05, 3.63) is 65.3 Å². The summed E-state index contributed by atoms with van der Waals surface area (Å²) < 4.78 is 40.6. The van der Waals surface area contributed by atoms with Crippen LogP contribution >= 0.6 is 11.3 Å². The number of nitrogens with zero attached hydrogens (tertiary/aromatic N) is 1. The molecule has 1 aliphatic carbocycles. The van der Waals surface area contributed by atoms with E-state index in [0.29, 0.717) is 31.0 Å². The number of carbonyl (C=O) groups excluding carboxylic acids is 1. The first-order chi connectivity index (χ1) is 20.9. The molecule has 1 saturated heterocycles. The van der Waals surface area contributed by atoms with Crippen LogP contribution in [0.25, 0.3) is 10.4 Å². The minimum absolute atomic E-state index is 0.0588. The Morgan fingerprint density at radius 1 is 1.11 bits per heavy atom. The molecule has 1 aromatic heterocycles. The summed E-state index contributed by atoms with van der Waals surface area (Å²) >= 11 is 1.49. The van der Waals surface area contributed by atoms with E-state index in [9.17, 15) is 18.3 Å². The van der Waals surface area contributed by atoms with Gasteiger partial charge in [0.1, 0.15) is 6.10 Å². The summed E-state index contributed by atoms with van der Waals surface area (Å²) in [4.78, 5) is 18.1. The van der Waals surface area contributed by atoms with Crippen LogP contribution in [0.4, 0.5) is 10.5 Å². The standard InChI is InChI=1S/C31H41N5O6S2/c1-31(2,3)36-44(39,40)27-15-23(34-29(37)33-16-20-7-5-4-6-8-20)13-14-25(27)26-17-32-28(43-26)21-9-11-22(12-10-21)35-30(38)42-24-18-41-19-24/h4-8,13-15,17,21-22,24,30,35-36,38H,9-12,16,18-19H2,1-3H3,(H2,33,34,37)/t21-,22-,30?. The number of amides is 2. The van der Waals surface area contributed by atoms with Gasteiger partial charge in [-0.15, -0.1) is 11.3 Å². The van der Waals surface area contributed by atoms with Crippen LogP contribution in [0.2, 0.25) is 0 Å². The molecule has 2 aromatic carbocycles. The van der Waals surface area contributed by atoms with E-state index in [-0.39, 0.29) is 23.0 Å². The Morgan fingerprint density at radius 3 is 2.50 bits per heavy atom. The molecule has 1 atom stereocenters. The quantitative estimate of drug-likeness (QED) is 0.192. The fourth-order valence-corrected chi connectivity index (χ4v) is 8.12. The van der Waals surface area contributed by atoms with Crippen molar-refractivity contribution in [1.82, 2.24) is 20.3 Å². The second-order valence-electron chi connectivity index (χ2n) is 12.3. The van der Waals surface area contributed by atoms with E-state index in [0.717, 1.165) is 41.1 Å². The van der Waals surface area contributed by atoms with Gasteiger partial charge in [-0.25, -0.2) is 22.9 Å². The highest BCUT2D eigenvalue weighted by Gasteiger charge is 2.30. The average Bonchev–Trinajstić information content (AvgIpc) is 3.44. The van der Waals surface area contributed by atoms with Crippen LogP contribution in [0.3, 0.4) is 0 Å². The van der Waals surface area contributed by atoms with E-state index in [4.69, 9.17) is 14.5 Å². The number of anilines is 1. The topological polar surface area (TPSA) is 151 Å². The SMILES string of the molecule is CC(C)(C)NS(=O)(=O)c1cc(NC(=O)NCc2ccccc2)ccc1-c1cnc([C@H]2CC[C@H](NC(O)OC3COC3)CC2)s1. The van der Waals surface area contributed by atoms with Gasteiger partial charge < -0.3 is 25.2 Å². The number of aromatic nitrogens is 1. The first-order valence-corrected chi connectivity index (χ1v) is 17.2. The molecule has 0 spiro atoms. The van der Waals surface area contributed by atoms with Gasteiger partial charge in [0.15, 0.2) is 0 Å². The Morgan fingerprint density at radius 2 is 1.84 bits per heavy atom. The predicted molar refractivity (Wildman–Crippen MR) is 170 cm³/mol. The van der Waals surface area contributed by atoms with Gasteiger partial charge in [0.25, 0.3) is 0 Å². The van der Waals surface area contributed by atoms with Crippen molar-refractivity contribution in [3.63, 3.8) is 0 Å². The molecule has 5 rings (SSSR count). The van der Waals surface area contributed by atoms with Gasteiger partial charge in [0.2, 0.25) is 16.4 Å². The number of hydrogen-bond acceptors (Lipinski definition) is 9. The molecule has 11 nitrogen and oxygen atoms in total. The zero-order chi connectivity index (χ0) is 31.3. The van der Waals surface area contributed by atoms with E-state index >= 15 is 0 Å². The fraction of sp³-hybridized carbons (Fsp3) is 0.484. The van der Waals surface area contributed by atoms with Crippen LogP contribution in [0, 0.1) is 0 Å². The van der Waals surface area contributed by atoms with Crippen molar-refractivity contribution in [2.24, 2.45) is 0 Å². The van der Waals surface area contributed by atoms with Gasteiger partial charge in [0, 0.05) is 41.5 Å². The lowest BCUT2D eigenvalue weighted by molar-refractivity contribution is -0.224. The third-order valence-electron chi connectivity index (χ3n) is 7.44. The number of ether oxygens (including phenoxy) is 2. The Balaban J connectivity index is 1.28. The Bertz CT molecular complexity index is 1510. The summed E-state index contributed by atoms with van der Waals surface area (Å²) in [6.45, 7) is 6.71. The fourth-order valence-electron chi connectivity index (χ4n) is 5.26. The molecule has 13 heteroatoms. The number of benzene rings is 2. The number of aliphatic hydroxyl groups excluding tert-OH is 1. The maximum atomic E-state index is 13.6. The average molecular weight is 644 g/mol. The minimum atomic E-state index is -3.95. The van der Waals surface area contributed by atoms with Crippen molar-refractivity contribution in [2.75, 3.05) is 18.5 Å². The highest BCUT2D eigenvalue weighted by molar-refractivity contribution is 7.89. The normalized spacial score (nSPS) is 20.1. The minimum Gasteiger partial charge on any atom is -0.376 e. The molecule has 0 bridgehead atoms. The third kappa shape index (κ3) is 8.84. The molecule has 2 fully saturated rings. The second kappa shape index (κ2) is 14.0. The summed E-state index contributed by atoms with van der Waals surface area (Å²) in [7, 11) is -3.95. The van der Waals surface area contributed by atoms with Crippen molar-refractivity contribution < 1.29 is 27.8 Å². The molecule has 3 aromatic rings. The van der Waals surface area contributed by atoms with Crippen LogP contribution < -0.4 is 20.7 Å². The summed E-state index contributed by atoms with van der Waals surface area (Å²) in [6, 6.07) is 14.1. The van der Waals surface area contributed by atoms with E-state index in [1.807, 2.05) is 30.3 Å². The monoisotopic (exact) mass is 643 g/mol. The van der Waals surface area contributed by atoms with Gasteiger partial charge in [-0.2, -0.15) is 0 Å². The molecule has 2 aliphatic rings. The summed E-state index contributed by atoms with van der Waals surface area (Å²) in [5, 5.41) is 19.8. The van der Waals surface area contributed by atoms with Crippen molar-refractivity contribution >= 4 is 33.1 Å². The Kier molecular flexibility index (Phi) is 10.4. The number of thiazole rings is 1. The molecule has 2 amide bonds. The van der Waals surface area contributed by atoms with Crippen LogP contribution in [0.5, 0.6) is 0 Å². The largest absolute Gasteiger partial charge is 0.376 e. The number of aliphatic hydroxyl groups is 1. The number of sulfonamides is 1. The second-order valence-corrected chi connectivity index (χ2v) is 15.0. The van der Waals surface area contributed by atoms with Crippen LogP contribution in [0.15, 0.2) is 59.6 Å². The van der Waals surface area contributed by atoms with Crippen molar-refractivity contribution in [3.8, 4) is 10.4 Å². The molecule has 238 valence electrons. The zero-order valence-corrected chi connectivity index (χ0v) is 26.8. The molecule has 1 saturated carbocycles. The van der Waals surface area contributed by atoms with Crippen LogP contribution in [0.1, 0.15) is 62.9 Å². The summed E-state index contributed by atoms with van der Waals surface area (Å²) in [5.74, 6) is 0.243. The van der Waals surface area contributed by atoms with Gasteiger partial charge in [-0.1, -0.05) is 36.4 Å². The Labute approximate surface area is 262 Å². The van der Waals surface area contributed by atoms with Gasteiger partial charge in [0.05, 0.1) is 28.0 Å². The van der Waals surface area contributed by atoms with Gasteiger partial charge in [-0.05, 0) is 64.2 Å². The molecule has 1 unspecified atom stereocenters. The lowest BCUT2D eigenvalue weighted by atomic mass is 9.86. The number of hydrogen-bond donors (Lipinski definition) is 5. The van der Waals surface area contributed by atoms with Crippen LogP contribution in [-0.4, -0.2) is 61.9 Å². The predicted octanol–water partition coefficient (Wildman–Crippen LogP) is 4.52. The lowest BCUT2D eigenvalue weighted by Gasteiger charge is -2.33. The van der Waals surface area contributed by atoms with E-state index < -0.39 is 28.0 Å². The molecule has 2 heterocycles. The highest BCUT2D eigenvalue weighted by Crippen LogP contribution is 2.40. The smallest absolute Gasteiger partial charge is 0.319 e. The number of carbonyl (C=O) groups is 1. The Hall–Kier alpha value is -2.91. The van der Waals surface area contributed by atoms with Crippen LogP contribution in [-0.2, 0) is 26.0 Å². The maximum absolute atomic E-state index is 13.6. The number of rotatable bonds is 11. The van der Waals surface area contributed by atoms with Crippen molar-refractivity contribution in [1.29, 1.82) is 0 Å². The highest BCUT2D eigenvalue weighted by atomic mass is 32.2. The van der Waals surface area contributed by atoms with Gasteiger partial charge in [-0.3, -0.25) is 5.32 Å². The van der Waals surface area contributed by atoms with E-state index in [1.54, 1.807) is 39.1 Å². The van der Waals surface area contributed by atoms with E-state index in [2.05, 4.69) is 20.7 Å². The number of urea groups is 1. The summed E-state index contributed by atoms with van der Waals surface area (Å²) in [6.07, 6.45) is 4.17.